The highest BCUT2D eigenvalue weighted by molar-refractivity contribution is 6.71. The van der Waals surface area contributed by atoms with Gasteiger partial charge in [0.05, 0.1) is 0 Å². The largest absolute Gasteiger partial charge is 0.518 e. The Hall–Kier alpha value is -1.82. The summed E-state index contributed by atoms with van der Waals surface area (Å²) in [5.74, 6) is 0.453. The van der Waals surface area contributed by atoms with Crippen LogP contribution < -0.4 is 4.74 Å². The molecule has 1 rings (SSSR count). The third kappa shape index (κ3) is 8.60. The normalized spacial score (nSPS) is 14.3. The predicted octanol–water partition coefficient (Wildman–Crippen LogP) is 4.90. The minimum Gasteiger partial charge on any atom is -0.518 e. The fourth-order valence-electron chi connectivity index (χ4n) is 2.78. The van der Waals surface area contributed by atoms with E-state index in [9.17, 15) is 9.59 Å². The van der Waals surface area contributed by atoms with E-state index in [0.717, 1.165) is 11.3 Å². The Bertz CT molecular complexity index is 686. The van der Waals surface area contributed by atoms with E-state index in [1.54, 1.807) is 11.9 Å². The average Bonchev–Trinajstić information content (AvgIpc) is 2.56. The van der Waals surface area contributed by atoms with Crippen LogP contribution in [-0.4, -0.2) is 43.8 Å². The van der Waals surface area contributed by atoms with Crippen LogP contribution in [0.25, 0.3) is 0 Å². The molecule has 1 aromatic rings. The van der Waals surface area contributed by atoms with E-state index in [-0.39, 0.29) is 29.3 Å². The Morgan fingerprint density at radius 3 is 1.97 bits per heavy atom. The van der Waals surface area contributed by atoms with Crippen molar-refractivity contribution in [3.8, 4) is 5.75 Å². The van der Waals surface area contributed by atoms with Crippen molar-refractivity contribution in [1.82, 2.24) is 4.90 Å². The van der Waals surface area contributed by atoms with Gasteiger partial charge in [0.25, 0.3) is 0 Å². The summed E-state index contributed by atoms with van der Waals surface area (Å²) in [4.78, 5) is 27.4. The van der Waals surface area contributed by atoms with E-state index in [1.165, 1.54) is 0 Å². The van der Waals surface area contributed by atoms with Gasteiger partial charge in [-0.05, 0) is 64.0 Å². The fourth-order valence-corrected chi connectivity index (χ4v) is 3.52. The second kappa shape index (κ2) is 9.79. The lowest BCUT2D eigenvalue weighted by atomic mass is 9.95. The molecule has 0 unspecified atom stereocenters. The second-order valence-corrected chi connectivity index (χ2v) is 14.5. The van der Waals surface area contributed by atoms with Crippen LogP contribution in [-0.2, 0) is 20.4 Å². The van der Waals surface area contributed by atoms with E-state index in [4.69, 9.17) is 9.16 Å². The van der Waals surface area contributed by atoms with Crippen LogP contribution in [0.3, 0.4) is 0 Å². The zero-order valence-corrected chi connectivity index (χ0v) is 20.8. The molecule has 0 aliphatic heterocycles. The van der Waals surface area contributed by atoms with Crippen molar-refractivity contribution in [3.63, 3.8) is 0 Å². The molecule has 6 heteroatoms. The molecule has 5 nitrogen and oxygen atoms in total. The van der Waals surface area contributed by atoms with E-state index < -0.39 is 14.4 Å². The Morgan fingerprint density at radius 2 is 1.55 bits per heavy atom. The van der Waals surface area contributed by atoms with Gasteiger partial charge >= 0.3 is 5.97 Å². The Morgan fingerprint density at radius 1 is 1.03 bits per heavy atom. The van der Waals surface area contributed by atoms with Crippen molar-refractivity contribution in [2.24, 2.45) is 11.8 Å². The van der Waals surface area contributed by atoms with Gasteiger partial charge in [-0.2, -0.15) is 0 Å². The zero-order chi connectivity index (χ0) is 22.6. The van der Waals surface area contributed by atoms with Crippen LogP contribution in [0.4, 0.5) is 0 Å². The quantitative estimate of drug-likeness (QED) is 0.560. The summed E-state index contributed by atoms with van der Waals surface area (Å²) in [6.45, 7) is 17.8. The molecular weight excluding hydrogens is 382 g/mol. The van der Waals surface area contributed by atoms with Gasteiger partial charge in [-0.3, -0.25) is 9.59 Å². The third-order valence-corrected chi connectivity index (χ3v) is 5.47. The Labute approximate surface area is 177 Å². The van der Waals surface area contributed by atoms with Crippen molar-refractivity contribution < 1.29 is 18.8 Å². The number of carbonyl (C=O) groups is 2. The number of nitrogens with zero attached hydrogens (tertiary/aromatic N) is 1. The molecule has 1 aromatic carbocycles. The summed E-state index contributed by atoms with van der Waals surface area (Å²) in [5, 5.41) is 0. The number of hydrogen-bond acceptors (Lipinski definition) is 4. The van der Waals surface area contributed by atoms with Crippen molar-refractivity contribution in [2.75, 3.05) is 7.05 Å². The molecule has 164 valence electrons. The second-order valence-electron chi connectivity index (χ2n) is 10.1. The number of carbonyl (C=O) groups excluding carboxylic acids is 2. The van der Waals surface area contributed by atoms with E-state index >= 15 is 0 Å². The van der Waals surface area contributed by atoms with Gasteiger partial charge in [0.1, 0.15) is 17.4 Å². The molecule has 0 bridgehead atoms. The first-order chi connectivity index (χ1) is 13.1. The van der Waals surface area contributed by atoms with E-state index in [1.807, 2.05) is 85.4 Å². The molecular formula is C23H39NO4Si. The minimum absolute atomic E-state index is 0.0368. The fraction of sp³-hybridized carbons (Fsp3) is 0.652. The standard InChI is InChI=1S/C23H39NO4Si/c1-16(2)17(3)21(25)24(7)20(22(26)28-29(8,9)10)15-18-11-13-19(14-12-18)27-23(4,5)6/h11-14,16-17,20H,15H2,1-10H3/t17-,20-/m0/s1. The average molecular weight is 422 g/mol. The molecule has 0 saturated heterocycles. The van der Waals surface area contributed by atoms with Crippen molar-refractivity contribution in [2.45, 2.75) is 79.2 Å². The topological polar surface area (TPSA) is 55.8 Å². The molecule has 29 heavy (non-hydrogen) atoms. The lowest BCUT2D eigenvalue weighted by Crippen LogP contribution is -2.49. The van der Waals surface area contributed by atoms with E-state index in [0.29, 0.717) is 6.42 Å². The van der Waals surface area contributed by atoms with Gasteiger partial charge in [-0.1, -0.05) is 32.9 Å². The lowest BCUT2D eigenvalue weighted by Gasteiger charge is -2.32. The molecule has 0 radical (unpaired) electrons. The van der Waals surface area contributed by atoms with Gasteiger partial charge < -0.3 is 14.1 Å². The number of rotatable bonds is 8. The van der Waals surface area contributed by atoms with E-state index in [2.05, 4.69) is 0 Å². The number of likely N-dealkylation sites (N-methyl/N-ethyl adjacent to an activating group) is 1. The lowest BCUT2D eigenvalue weighted by molar-refractivity contribution is -0.149. The summed E-state index contributed by atoms with van der Waals surface area (Å²) >= 11 is 0. The van der Waals surface area contributed by atoms with Gasteiger partial charge in [0.15, 0.2) is 0 Å². The number of ether oxygens (including phenoxy) is 1. The molecule has 0 fully saturated rings. The maximum Gasteiger partial charge on any atom is 0.315 e. The third-order valence-electron chi connectivity index (χ3n) is 4.66. The zero-order valence-electron chi connectivity index (χ0n) is 19.8. The maximum atomic E-state index is 13.0. The van der Waals surface area contributed by atoms with Crippen LogP contribution in [0, 0.1) is 11.8 Å². The first-order valence-electron chi connectivity index (χ1n) is 10.4. The SMILES string of the molecule is CC(C)[C@H](C)C(=O)N(C)[C@@H](Cc1ccc(OC(C)(C)C)cc1)C(=O)O[Si](C)(C)C. The number of hydrogen-bond donors (Lipinski definition) is 0. The molecule has 2 atom stereocenters. The van der Waals surface area contributed by atoms with Gasteiger partial charge in [0.2, 0.25) is 14.2 Å². The molecule has 0 aromatic heterocycles. The molecule has 0 aliphatic carbocycles. The minimum atomic E-state index is -2.07. The van der Waals surface area contributed by atoms with Crippen LogP contribution in [0.5, 0.6) is 5.75 Å². The smallest absolute Gasteiger partial charge is 0.315 e. The van der Waals surface area contributed by atoms with Crippen LogP contribution >= 0.6 is 0 Å². The Balaban J connectivity index is 3.08. The highest BCUT2D eigenvalue weighted by Gasteiger charge is 2.34. The first-order valence-corrected chi connectivity index (χ1v) is 13.8. The van der Waals surface area contributed by atoms with Gasteiger partial charge in [-0.25, -0.2) is 0 Å². The molecule has 0 spiro atoms. The molecule has 0 saturated carbocycles. The Kier molecular flexibility index (Phi) is 8.51. The van der Waals surface area contributed by atoms with Gasteiger partial charge in [0, 0.05) is 19.4 Å². The molecule has 0 N–H and O–H groups in total. The molecule has 0 heterocycles. The molecule has 0 aliphatic rings. The molecule has 1 amide bonds. The van der Waals surface area contributed by atoms with Crippen molar-refractivity contribution >= 4 is 20.2 Å². The van der Waals surface area contributed by atoms with Gasteiger partial charge in [-0.15, -0.1) is 0 Å². The monoisotopic (exact) mass is 421 g/mol. The highest BCUT2D eigenvalue weighted by Crippen LogP contribution is 2.22. The van der Waals surface area contributed by atoms with Crippen LogP contribution in [0.1, 0.15) is 47.1 Å². The summed E-state index contributed by atoms with van der Waals surface area (Å²) < 4.78 is 11.6. The summed E-state index contributed by atoms with van der Waals surface area (Å²) in [6, 6.07) is 7.05. The maximum absolute atomic E-state index is 13.0. The summed E-state index contributed by atoms with van der Waals surface area (Å²) in [6.07, 6.45) is 0.409. The number of benzene rings is 1. The number of amides is 1. The predicted molar refractivity (Wildman–Crippen MR) is 121 cm³/mol. The van der Waals surface area contributed by atoms with Crippen molar-refractivity contribution in [1.29, 1.82) is 0 Å². The summed E-state index contributed by atoms with van der Waals surface area (Å²) in [7, 11) is -0.370. The highest BCUT2D eigenvalue weighted by atomic mass is 28.4. The van der Waals surface area contributed by atoms with Crippen molar-refractivity contribution in [3.05, 3.63) is 29.8 Å². The van der Waals surface area contributed by atoms with Crippen LogP contribution in [0.15, 0.2) is 24.3 Å². The van der Waals surface area contributed by atoms with Crippen LogP contribution in [0.2, 0.25) is 19.6 Å². The first kappa shape index (κ1) is 25.2. The summed E-state index contributed by atoms with van der Waals surface area (Å²) in [5.41, 5.74) is 0.686.